The van der Waals surface area contributed by atoms with Crippen molar-refractivity contribution in [3.05, 3.63) is 96.3 Å². The lowest BCUT2D eigenvalue weighted by molar-refractivity contribution is -0.140. The first-order valence-electron chi connectivity index (χ1n) is 13.6. The van der Waals surface area contributed by atoms with Crippen LogP contribution in [0.5, 0.6) is 5.75 Å². The summed E-state index contributed by atoms with van der Waals surface area (Å²) in [5, 5.41) is 10.9. The first kappa shape index (κ1) is 26.8. The van der Waals surface area contributed by atoms with Gasteiger partial charge in [-0.15, -0.1) is 0 Å². The summed E-state index contributed by atoms with van der Waals surface area (Å²) in [6.45, 7) is 2.42. The molecule has 2 aliphatic heterocycles. The number of imidazole rings is 1. The van der Waals surface area contributed by atoms with Gasteiger partial charge in [0.1, 0.15) is 5.76 Å². The van der Waals surface area contributed by atoms with Crippen LogP contribution >= 0.6 is 0 Å². The predicted octanol–water partition coefficient (Wildman–Crippen LogP) is 2.01. The molecule has 2 aliphatic rings. The smallest absolute Gasteiger partial charge is 0.328 e. The minimum absolute atomic E-state index is 0.0187. The summed E-state index contributed by atoms with van der Waals surface area (Å²) in [5.74, 6) is -1.09. The Balaban J connectivity index is 1.36. The van der Waals surface area contributed by atoms with Crippen molar-refractivity contribution in [1.82, 2.24) is 18.6 Å². The van der Waals surface area contributed by atoms with E-state index in [4.69, 9.17) is 9.15 Å². The number of carbonyl (C=O) groups is 1. The van der Waals surface area contributed by atoms with Gasteiger partial charge in [0.15, 0.2) is 5.76 Å². The Morgan fingerprint density at radius 3 is 2.61 bits per heavy atom. The number of nitrogens with zero attached hydrogens (tertiary/aromatic N) is 4. The normalized spacial score (nSPS) is 19.2. The number of esters is 1. The molecule has 3 atom stereocenters. The van der Waals surface area contributed by atoms with Gasteiger partial charge in [-0.3, -0.25) is 28.4 Å². The quantitative estimate of drug-likeness (QED) is 0.355. The number of fused-ring (bicyclic) bond motifs is 5. The van der Waals surface area contributed by atoms with Gasteiger partial charge >= 0.3 is 11.7 Å². The summed E-state index contributed by atoms with van der Waals surface area (Å²) in [6, 6.07) is 12.0. The van der Waals surface area contributed by atoms with Crippen molar-refractivity contribution in [2.75, 3.05) is 20.2 Å². The van der Waals surface area contributed by atoms with E-state index in [1.807, 2.05) is 10.6 Å². The van der Waals surface area contributed by atoms with E-state index in [-0.39, 0.29) is 29.3 Å². The van der Waals surface area contributed by atoms with Gasteiger partial charge in [0.05, 0.1) is 37.0 Å². The summed E-state index contributed by atoms with van der Waals surface area (Å²) < 4.78 is 16.0. The number of aromatic hydroxyl groups is 1. The van der Waals surface area contributed by atoms with Crippen LogP contribution in [0, 0.1) is 5.92 Å². The van der Waals surface area contributed by atoms with Crippen LogP contribution in [0.1, 0.15) is 47.5 Å². The molecule has 41 heavy (non-hydrogen) atoms. The zero-order valence-corrected chi connectivity index (χ0v) is 23.2. The number of carbonyl (C=O) groups excluding carboxylic acids is 1. The van der Waals surface area contributed by atoms with Gasteiger partial charge in [-0.2, -0.15) is 0 Å². The molecule has 11 heteroatoms. The number of hydrogen-bond donors (Lipinski definition) is 1. The molecule has 0 amide bonds. The highest BCUT2D eigenvalue weighted by Gasteiger charge is 2.35. The van der Waals surface area contributed by atoms with Crippen LogP contribution < -0.4 is 16.7 Å². The summed E-state index contributed by atoms with van der Waals surface area (Å²) in [5.41, 5.74) is 2.18. The number of benzene rings is 1. The average Bonchev–Trinajstić information content (AvgIpc) is 3.17. The van der Waals surface area contributed by atoms with E-state index in [2.05, 4.69) is 4.90 Å². The molecule has 2 bridgehead atoms. The number of aryl methyl sites for hydroxylation is 2. The zero-order chi connectivity index (χ0) is 29.0. The number of pyridine rings is 1. The zero-order valence-electron chi connectivity index (χ0n) is 23.2. The monoisotopic (exact) mass is 560 g/mol. The van der Waals surface area contributed by atoms with Crippen molar-refractivity contribution in [3.8, 4) is 5.75 Å². The number of piperidine rings is 1. The molecule has 0 radical (unpaired) electrons. The fourth-order valence-corrected chi connectivity index (χ4v) is 6.57. The van der Waals surface area contributed by atoms with Crippen molar-refractivity contribution < 1.29 is 19.1 Å². The van der Waals surface area contributed by atoms with Crippen molar-refractivity contribution in [2.24, 2.45) is 20.0 Å². The second kappa shape index (κ2) is 10.2. The number of ether oxygens (including phenoxy) is 1. The Morgan fingerprint density at radius 2 is 1.83 bits per heavy atom. The highest BCUT2D eigenvalue weighted by Crippen LogP contribution is 2.37. The molecule has 5 heterocycles. The van der Waals surface area contributed by atoms with Crippen LogP contribution in [0.15, 0.2) is 61.3 Å². The summed E-state index contributed by atoms with van der Waals surface area (Å²) in [6.07, 6.45) is 0.818. The summed E-state index contributed by atoms with van der Waals surface area (Å²) in [7, 11) is 4.61. The van der Waals surface area contributed by atoms with Crippen LogP contribution in [0.4, 0.5) is 0 Å². The van der Waals surface area contributed by atoms with Crippen LogP contribution in [-0.4, -0.2) is 49.9 Å². The van der Waals surface area contributed by atoms with Gasteiger partial charge < -0.3 is 18.8 Å². The third-order valence-electron chi connectivity index (χ3n) is 8.55. The Morgan fingerprint density at radius 1 is 1.05 bits per heavy atom. The standard InChI is InChI=1S/C30H32N4O7/c1-31-23-8-7-18(10-24(23)32(2)30(31)39)21(12-27(37)40-3)29-28(38)25(35)11-20(41-29)16-33-13-17-9-19(15-33)22-5-4-6-26(36)34(22)14-17/h4-8,10-11,17,19,21,38H,9,12-16H2,1-3H3/t17-,19+,21+/m0/s1. The summed E-state index contributed by atoms with van der Waals surface area (Å²) >= 11 is 0. The Hall–Kier alpha value is -4.38. The average molecular weight is 561 g/mol. The van der Waals surface area contributed by atoms with Gasteiger partial charge in [0, 0.05) is 57.5 Å². The van der Waals surface area contributed by atoms with Crippen LogP contribution in [-0.2, 0) is 36.7 Å². The minimum Gasteiger partial charge on any atom is -0.502 e. The molecule has 0 spiro atoms. The third kappa shape index (κ3) is 4.69. The van der Waals surface area contributed by atoms with Crippen molar-refractivity contribution in [2.45, 2.75) is 37.8 Å². The van der Waals surface area contributed by atoms with E-state index >= 15 is 0 Å². The largest absolute Gasteiger partial charge is 0.502 e. The lowest BCUT2D eigenvalue weighted by Crippen LogP contribution is -2.46. The second-order valence-corrected chi connectivity index (χ2v) is 11.2. The molecule has 4 aromatic rings. The Kier molecular flexibility index (Phi) is 6.69. The van der Waals surface area contributed by atoms with Gasteiger partial charge in [-0.25, -0.2) is 4.79 Å². The molecular formula is C30H32N4O7. The van der Waals surface area contributed by atoms with Gasteiger partial charge in [0.2, 0.25) is 11.2 Å². The first-order valence-corrected chi connectivity index (χ1v) is 13.6. The maximum absolute atomic E-state index is 13.0. The highest BCUT2D eigenvalue weighted by atomic mass is 16.5. The number of rotatable bonds is 6. The molecular weight excluding hydrogens is 528 g/mol. The van der Waals surface area contributed by atoms with Crippen LogP contribution in [0.25, 0.3) is 11.0 Å². The first-order chi connectivity index (χ1) is 19.6. The van der Waals surface area contributed by atoms with E-state index in [9.17, 15) is 24.3 Å². The fraction of sp³-hybridized carbons (Fsp3) is 0.400. The minimum atomic E-state index is -0.825. The molecule has 1 N–H and O–H groups in total. The number of likely N-dealkylation sites (tertiary alicyclic amines) is 1. The van der Waals surface area contributed by atoms with Crippen molar-refractivity contribution in [3.63, 3.8) is 0 Å². The molecule has 1 fully saturated rings. The number of hydrogen-bond acceptors (Lipinski definition) is 8. The van der Waals surface area contributed by atoms with Crippen molar-refractivity contribution >= 4 is 17.0 Å². The van der Waals surface area contributed by atoms with Crippen LogP contribution in [0.2, 0.25) is 0 Å². The Labute approximate surface area is 234 Å². The van der Waals surface area contributed by atoms with Gasteiger partial charge in [0.25, 0.3) is 5.56 Å². The molecule has 0 saturated carbocycles. The molecule has 3 aromatic heterocycles. The molecule has 1 saturated heterocycles. The predicted molar refractivity (Wildman–Crippen MR) is 150 cm³/mol. The molecule has 6 rings (SSSR count). The maximum Gasteiger partial charge on any atom is 0.328 e. The topological polar surface area (TPSA) is 129 Å². The second-order valence-electron chi connectivity index (χ2n) is 11.2. The fourth-order valence-electron chi connectivity index (χ4n) is 6.57. The molecule has 0 aliphatic carbocycles. The van der Waals surface area contributed by atoms with E-state index in [0.29, 0.717) is 47.9 Å². The summed E-state index contributed by atoms with van der Waals surface area (Å²) in [4.78, 5) is 52.5. The van der Waals surface area contributed by atoms with Gasteiger partial charge in [-0.05, 0) is 36.1 Å². The highest BCUT2D eigenvalue weighted by molar-refractivity contribution is 5.78. The molecule has 214 valence electrons. The van der Waals surface area contributed by atoms with Crippen molar-refractivity contribution in [1.29, 1.82) is 0 Å². The lowest BCUT2D eigenvalue weighted by Gasteiger charge is -2.42. The Bertz CT molecular complexity index is 1850. The lowest BCUT2D eigenvalue weighted by atomic mass is 9.83. The van der Waals surface area contributed by atoms with E-state index < -0.39 is 23.1 Å². The van der Waals surface area contributed by atoms with Crippen LogP contribution in [0.3, 0.4) is 0 Å². The maximum atomic E-state index is 13.0. The molecule has 11 nitrogen and oxygen atoms in total. The number of aromatic nitrogens is 3. The SMILES string of the molecule is COC(=O)C[C@H](c1ccc2c(c1)n(C)c(=O)n2C)c1oc(CN2C[C@@H]3C[C@H](C2)c2cccc(=O)n2C3)cc(=O)c1O. The number of methoxy groups -OCH3 is 1. The van der Waals surface area contributed by atoms with E-state index in [0.717, 1.165) is 18.7 Å². The van der Waals surface area contributed by atoms with E-state index in [1.54, 1.807) is 44.4 Å². The third-order valence-corrected chi connectivity index (χ3v) is 8.55. The van der Waals surface area contributed by atoms with E-state index in [1.165, 1.54) is 22.3 Å². The molecule has 1 aromatic carbocycles. The van der Waals surface area contributed by atoms with Gasteiger partial charge in [-0.1, -0.05) is 12.1 Å². The molecule has 0 unspecified atom stereocenters.